The Morgan fingerprint density at radius 3 is 2.42 bits per heavy atom. The second-order valence-corrected chi connectivity index (χ2v) is 8.06. The van der Waals surface area contributed by atoms with Gasteiger partial charge in [0.1, 0.15) is 5.82 Å². The number of nitrogens with one attached hydrogen (secondary N) is 2. The summed E-state index contributed by atoms with van der Waals surface area (Å²) in [4.78, 5) is 4.06. The van der Waals surface area contributed by atoms with E-state index in [0.717, 1.165) is 5.56 Å². The molecule has 0 heterocycles. The minimum Gasteiger partial charge on any atom is -0.356 e. The van der Waals surface area contributed by atoms with Crippen molar-refractivity contribution in [2.24, 2.45) is 4.99 Å². The fraction of sp³-hybridized carbons (Fsp3) is 0.316. The lowest BCUT2D eigenvalue weighted by Crippen LogP contribution is -2.37. The Labute approximate surface area is 154 Å². The van der Waals surface area contributed by atoms with E-state index in [-0.39, 0.29) is 17.3 Å². The van der Waals surface area contributed by atoms with Crippen LogP contribution in [-0.2, 0) is 22.1 Å². The number of hydrogen-bond donors (Lipinski definition) is 2. The van der Waals surface area contributed by atoms with Gasteiger partial charge in [0.15, 0.2) is 15.8 Å². The van der Waals surface area contributed by atoms with Gasteiger partial charge < -0.3 is 10.6 Å². The predicted molar refractivity (Wildman–Crippen MR) is 103 cm³/mol. The number of nitrogens with zero attached hydrogens (tertiary/aromatic N) is 1. The maximum atomic E-state index is 13.6. The molecular weight excluding hydrogens is 353 g/mol. The molecule has 0 radical (unpaired) electrons. The van der Waals surface area contributed by atoms with Gasteiger partial charge in [0, 0.05) is 25.7 Å². The highest BCUT2D eigenvalue weighted by Crippen LogP contribution is 2.07. The molecule has 26 heavy (non-hydrogen) atoms. The van der Waals surface area contributed by atoms with Crippen LogP contribution in [0.5, 0.6) is 0 Å². The lowest BCUT2D eigenvalue weighted by atomic mass is 10.2. The summed E-state index contributed by atoms with van der Waals surface area (Å²) >= 11 is 0. The highest BCUT2D eigenvalue weighted by atomic mass is 32.2. The van der Waals surface area contributed by atoms with Crippen LogP contribution in [-0.4, -0.2) is 33.7 Å². The first-order valence-corrected chi connectivity index (χ1v) is 10.2. The van der Waals surface area contributed by atoms with E-state index in [2.05, 4.69) is 15.6 Å². The lowest BCUT2D eigenvalue weighted by Gasteiger charge is -2.12. The molecule has 0 spiro atoms. The molecule has 0 bridgehead atoms. The van der Waals surface area contributed by atoms with Crippen LogP contribution in [0.1, 0.15) is 17.5 Å². The fourth-order valence-electron chi connectivity index (χ4n) is 2.44. The molecule has 0 atom stereocenters. The number of guanidine groups is 1. The summed E-state index contributed by atoms with van der Waals surface area (Å²) in [5.41, 5.74) is 1.34. The molecular formula is C19H24FN3O2S. The Morgan fingerprint density at radius 1 is 1.04 bits per heavy atom. The Bertz CT molecular complexity index is 824. The minimum atomic E-state index is -3.15. The van der Waals surface area contributed by atoms with Crippen LogP contribution in [0.4, 0.5) is 4.39 Å². The summed E-state index contributed by atoms with van der Waals surface area (Å²) in [5, 5.41) is 6.06. The van der Waals surface area contributed by atoms with Gasteiger partial charge in [0.05, 0.1) is 11.5 Å². The molecule has 0 unspecified atom stereocenters. The molecule has 5 nitrogen and oxygen atoms in total. The van der Waals surface area contributed by atoms with Gasteiger partial charge in [-0.3, -0.25) is 4.99 Å². The molecule has 2 aromatic carbocycles. The maximum Gasteiger partial charge on any atom is 0.191 e. The molecule has 7 heteroatoms. The van der Waals surface area contributed by atoms with Gasteiger partial charge in [-0.1, -0.05) is 48.5 Å². The van der Waals surface area contributed by atoms with Crippen molar-refractivity contribution < 1.29 is 12.8 Å². The monoisotopic (exact) mass is 377 g/mol. The molecule has 2 aromatic rings. The average Bonchev–Trinajstić information content (AvgIpc) is 2.63. The highest BCUT2D eigenvalue weighted by Gasteiger charge is 2.11. The number of sulfone groups is 1. The molecule has 140 valence electrons. The van der Waals surface area contributed by atoms with E-state index in [1.807, 2.05) is 30.3 Å². The van der Waals surface area contributed by atoms with E-state index in [1.165, 1.54) is 6.07 Å². The van der Waals surface area contributed by atoms with Gasteiger partial charge in [0.2, 0.25) is 0 Å². The number of hydrogen-bond acceptors (Lipinski definition) is 3. The van der Waals surface area contributed by atoms with E-state index < -0.39 is 9.84 Å². The number of rotatable bonds is 8. The zero-order valence-electron chi connectivity index (χ0n) is 14.8. The SMILES string of the molecule is CN=C(NCCCS(=O)(=O)Cc1ccccc1)NCc1ccccc1F. The van der Waals surface area contributed by atoms with Crippen LogP contribution < -0.4 is 10.6 Å². The van der Waals surface area contributed by atoms with Gasteiger partial charge in [0.25, 0.3) is 0 Å². The Kier molecular flexibility index (Phi) is 7.59. The van der Waals surface area contributed by atoms with Gasteiger partial charge in [-0.05, 0) is 18.1 Å². The highest BCUT2D eigenvalue weighted by molar-refractivity contribution is 7.90. The lowest BCUT2D eigenvalue weighted by molar-refractivity contribution is 0.591. The molecule has 0 aliphatic rings. The fourth-order valence-corrected chi connectivity index (χ4v) is 3.87. The second-order valence-electron chi connectivity index (χ2n) is 5.88. The topological polar surface area (TPSA) is 70.6 Å². The average molecular weight is 377 g/mol. The molecule has 0 aliphatic heterocycles. The zero-order chi connectivity index (χ0) is 18.8. The van der Waals surface area contributed by atoms with Crippen molar-refractivity contribution in [1.29, 1.82) is 0 Å². The van der Waals surface area contributed by atoms with E-state index in [0.29, 0.717) is 31.0 Å². The molecule has 0 saturated heterocycles. The smallest absolute Gasteiger partial charge is 0.191 e. The van der Waals surface area contributed by atoms with Crippen molar-refractivity contribution in [1.82, 2.24) is 10.6 Å². The summed E-state index contributed by atoms with van der Waals surface area (Å²) < 4.78 is 37.9. The van der Waals surface area contributed by atoms with Crippen LogP contribution >= 0.6 is 0 Å². The van der Waals surface area contributed by atoms with Crippen LogP contribution in [0.25, 0.3) is 0 Å². The second kappa shape index (κ2) is 9.91. The normalized spacial score (nSPS) is 12.0. The standard InChI is InChI=1S/C19H24FN3O2S/c1-21-19(23-14-17-10-5-6-11-18(17)20)22-12-7-13-26(24,25)15-16-8-3-2-4-9-16/h2-6,8-11H,7,12-15H2,1H3,(H2,21,22,23). The first-order chi connectivity index (χ1) is 12.5. The minimum absolute atomic E-state index is 0.0497. The molecule has 2 rings (SSSR count). The number of benzene rings is 2. The van der Waals surface area contributed by atoms with E-state index in [1.54, 1.807) is 25.2 Å². The summed E-state index contributed by atoms with van der Waals surface area (Å²) in [6.07, 6.45) is 0.468. The third-order valence-electron chi connectivity index (χ3n) is 3.78. The number of aliphatic imine (C=N–C) groups is 1. The van der Waals surface area contributed by atoms with Crippen molar-refractivity contribution in [3.63, 3.8) is 0 Å². The largest absolute Gasteiger partial charge is 0.356 e. The maximum absolute atomic E-state index is 13.6. The van der Waals surface area contributed by atoms with E-state index in [4.69, 9.17) is 0 Å². The first kappa shape index (κ1) is 19.9. The van der Waals surface area contributed by atoms with Crippen LogP contribution in [0.3, 0.4) is 0 Å². The van der Waals surface area contributed by atoms with Crippen LogP contribution in [0.15, 0.2) is 59.6 Å². The van der Waals surface area contributed by atoms with Gasteiger partial charge in [-0.2, -0.15) is 0 Å². The van der Waals surface area contributed by atoms with Crippen LogP contribution in [0, 0.1) is 5.82 Å². The van der Waals surface area contributed by atoms with E-state index >= 15 is 0 Å². The predicted octanol–water partition coefficient (Wildman–Crippen LogP) is 2.50. The van der Waals surface area contributed by atoms with Crippen molar-refractivity contribution in [2.45, 2.75) is 18.7 Å². The van der Waals surface area contributed by atoms with Gasteiger partial charge in [-0.15, -0.1) is 0 Å². The van der Waals surface area contributed by atoms with Gasteiger partial charge in [-0.25, -0.2) is 12.8 Å². The summed E-state index contributed by atoms with van der Waals surface area (Å²) in [7, 11) is -1.54. The van der Waals surface area contributed by atoms with Crippen molar-refractivity contribution in [2.75, 3.05) is 19.3 Å². The Hall–Kier alpha value is -2.41. The third-order valence-corrected chi connectivity index (χ3v) is 5.47. The van der Waals surface area contributed by atoms with E-state index in [9.17, 15) is 12.8 Å². The summed E-state index contributed by atoms with van der Waals surface area (Å²) in [6, 6.07) is 15.7. The van der Waals surface area contributed by atoms with Gasteiger partial charge >= 0.3 is 0 Å². The van der Waals surface area contributed by atoms with Crippen molar-refractivity contribution in [3.8, 4) is 0 Å². The molecule has 0 aliphatic carbocycles. The summed E-state index contributed by atoms with van der Waals surface area (Å²) in [5.74, 6) is 0.379. The molecule has 0 fully saturated rings. The Morgan fingerprint density at radius 2 is 1.73 bits per heavy atom. The Balaban J connectivity index is 1.73. The van der Waals surface area contributed by atoms with Crippen LogP contribution in [0.2, 0.25) is 0 Å². The molecule has 0 amide bonds. The van der Waals surface area contributed by atoms with Crippen molar-refractivity contribution >= 4 is 15.8 Å². The summed E-state index contributed by atoms with van der Waals surface area (Å²) in [6.45, 7) is 0.767. The number of halogens is 1. The third kappa shape index (κ3) is 6.84. The quantitative estimate of drug-likeness (QED) is 0.421. The molecule has 2 N–H and O–H groups in total. The molecule has 0 aromatic heterocycles. The zero-order valence-corrected chi connectivity index (χ0v) is 15.6. The van der Waals surface area contributed by atoms with Crippen molar-refractivity contribution in [3.05, 3.63) is 71.5 Å². The first-order valence-electron chi connectivity index (χ1n) is 8.42. The molecule has 0 saturated carbocycles.